The molecular formula is C17H20N6O. The van der Waals surface area contributed by atoms with Crippen molar-refractivity contribution in [2.45, 2.75) is 19.0 Å². The molecule has 7 heteroatoms. The van der Waals surface area contributed by atoms with Gasteiger partial charge in [0, 0.05) is 38.2 Å². The Hall–Kier alpha value is -2.67. The lowest BCUT2D eigenvalue weighted by molar-refractivity contribution is 0.195. The number of nitrogens with one attached hydrogen (secondary N) is 2. The van der Waals surface area contributed by atoms with E-state index in [1.54, 1.807) is 18.6 Å². The molecule has 2 aliphatic rings. The second-order valence-corrected chi connectivity index (χ2v) is 6.08. The third-order valence-electron chi connectivity index (χ3n) is 4.16. The van der Waals surface area contributed by atoms with Gasteiger partial charge in [0.15, 0.2) is 0 Å². The minimum Gasteiger partial charge on any atom is -0.379 e. The smallest absolute Gasteiger partial charge is 0.150 e. The van der Waals surface area contributed by atoms with Gasteiger partial charge in [-0.25, -0.2) is 9.97 Å². The Labute approximate surface area is 140 Å². The van der Waals surface area contributed by atoms with Crippen LogP contribution in [0.2, 0.25) is 0 Å². The first-order chi connectivity index (χ1) is 11.8. The molecule has 24 heavy (non-hydrogen) atoms. The normalized spacial score (nSPS) is 19.2. The zero-order valence-corrected chi connectivity index (χ0v) is 13.6. The van der Waals surface area contributed by atoms with Gasteiger partial charge in [0.25, 0.3) is 0 Å². The van der Waals surface area contributed by atoms with Crippen molar-refractivity contribution in [1.29, 1.82) is 0 Å². The molecule has 2 N–H and O–H groups in total. The van der Waals surface area contributed by atoms with Crippen LogP contribution < -0.4 is 10.6 Å². The fourth-order valence-electron chi connectivity index (χ4n) is 2.94. The molecule has 1 atom stereocenters. The zero-order valence-electron chi connectivity index (χ0n) is 13.6. The highest BCUT2D eigenvalue weighted by Gasteiger charge is 2.21. The maximum Gasteiger partial charge on any atom is 0.150 e. The Kier molecular flexibility index (Phi) is 4.00. The van der Waals surface area contributed by atoms with E-state index in [9.17, 15) is 0 Å². The molecule has 0 saturated carbocycles. The van der Waals surface area contributed by atoms with E-state index in [1.807, 2.05) is 6.07 Å². The largest absolute Gasteiger partial charge is 0.379 e. The van der Waals surface area contributed by atoms with Crippen LogP contribution >= 0.6 is 0 Å². The third kappa shape index (κ3) is 3.16. The van der Waals surface area contributed by atoms with Crippen molar-refractivity contribution in [3.05, 3.63) is 42.0 Å². The number of hydrogen-bond donors (Lipinski definition) is 2. The van der Waals surface area contributed by atoms with Gasteiger partial charge in [-0.2, -0.15) is 0 Å². The average molecular weight is 324 g/mol. The van der Waals surface area contributed by atoms with E-state index in [4.69, 9.17) is 9.72 Å². The van der Waals surface area contributed by atoms with E-state index in [0.717, 1.165) is 43.4 Å². The van der Waals surface area contributed by atoms with Gasteiger partial charge in [0.1, 0.15) is 17.5 Å². The van der Waals surface area contributed by atoms with Crippen LogP contribution in [0.4, 0.5) is 17.5 Å². The zero-order chi connectivity index (χ0) is 16.4. The molecular weight excluding hydrogens is 304 g/mol. The predicted molar refractivity (Wildman–Crippen MR) is 92.9 cm³/mol. The van der Waals surface area contributed by atoms with E-state index in [-0.39, 0.29) is 0 Å². The Bertz CT molecular complexity index is 742. The fourth-order valence-corrected chi connectivity index (χ4v) is 2.94. The predicted octanol–water partition coefficient (Wildman–Crippen LogP) is 2.23. The molecule has 0 aromatic carbocycles. The first-order valence-electron chi connectivity index (χ1n) is 8.07. The number of ether oxygens (including phenoxy) is 1. The first-order valence-corrected chi connectivity index (χ1v) is 8.07. The number of pyridine rings is 1. The highest BCUT2D eigenvalue weighted by Crippen LogP contribution is 2.29. The van der Waals surface area contributed by atoms with E-state index in [0.29, 0.717) is 11.9 Å². The molecule has 1 saturated heterocycles. The maximum absolute atomic E-state index is 5.47. The van der Waals surface area contributed by atoms with Gasteiger partial charge >= 0.3 is 0 Å². The molecule has 0 amide bonds. The van der Waals surface area contributed by atoms with Crippen LogP contribution in [-0.4, -0.2) is 46.2 Å². The molecule has 0 spiro atoms. The van der Waals surface area contributed by atoms with E-state index >= 15 is 0 Å². The lowest BCUT2D eigenvalue weighted by Crippen LogP contribution is -2.24. The Morgan fingerprint density at radius 2 is 2.25 bits per heavy atom. The van der Waals surface area contributed by atoms with Gasteiger partial charge in [-0.15, -0.1) is 0 Å². The summed E-state index contributed by atoms with van der Waals surface area (Å²) in [6.45, 7) is 2.36. The Balaban J connectivity index is 1.67. The summed E-state index contributed by atoms with van der Waals surface area (Å²) >= 11 is 0. The molecule has 0 aliphatic carbocycles. The summed E-state index contributed by atoms with van der Waals surface area (Å²) in [4.78, 5) is 15.3. The van der Waals surface area contributed by atoms with E-state index < -0.39 is 0 Å². The van der Waals surface area contributed by atoms with Gasteiger partial charge in [0.05, 0.1) is 18.8 Å². The van der Waals surface area contributed by atoms with Gasteiger partial charge in [0.2, 0.25) is 0 Å². The monoisotopic (exact) mass is 324 g/mol. The van der Waals surface area contributed by atoms with Crippen molar-refractivity contribution in [1.82, 2.24) is 19.9 Å². The first kappa shape index (κ1) is 14.9. The van der Waals surface area contributed by atoms with Crippen LogP contribution in [0.15, 0.2) is 30.9 Å². The van der Waals surface area contributed by atoms with Crippen LogP contribution in [0.25, 0.3) is 6.08 Å². The molecule has 0 bridgehead atoms. The molecule has 2 aliphatic heterocycles. The summed E-state index contributed by atoms with van der Waals surface area (Å²) in [5, 5.41) is 6.77. The topological polar surface area (TPSA) is 75.2 Å². The third-order valence-corrected chi connectivity index (χ3v) is 4.16. The van der Waals surface area contributed by atoms with E-state index in [2.05, 4.69) is 44.8 Å². The van der Waals surface area contributed by atoms with Gasteiger partial charge in [-0.3, -0.25) is 4.98 Å². The lowest BCUT2D eigenvalue weighted by Gasteiger charge is -2.25. The second-order valence-electron chi connectivity index (χ2n) is 6.08. The van der Waals surface area contributed by atoms with Crippen molar-refractivity contribution in [3.63, 3.8) is 0 Å². The second kappa shape index (κ2) is 6.45. The lowest BCUT2D eigenvalue weighted by atomic mass is 10.0. The van der Waals surface area contributed by atoms with Crippen LogP contribution in [0, 0.1) is 0 Å². The summed E-state index contributed by atoms with van der Waals surface area (Å²) in [5.74, 6) is 2.34. The van der Waals surface area contributed by atoms with Crippen LogP contribution in [0.3, 0.4) is 0 Å². The fraction of sp³-hybridized carbons (Fsp3) is 0.353. The standard InChI is InChI=1S/C17H20N6O/c1-23-6-2-12-8-15(21-16-9-18-4-5-19-16)22-17(14(12)10-23)20-13-3-7-24-11-13/h2,4-6,8-9,13H,3,7,10-11H2,1H3,(H2,19,20,21,22)/t13-/m0/s1. The quantitative estimate of drug-likeness (QED) is 0.893. The van der Waals surface area contributed by atoms with E-state index in [1.165, 1.54) is 5.56 Å². The number of rotatable bonds is 4. The molecule has 124 valence electrons. The minimum absolute atomic E-state index is 0.310. The number of nitrogens with zero attached hydrogens (tertiary/aromatic N) is 4. The molecule has 2 aromatic heterocycles. The maximum atomic E-state index is 5.47. The number of anilines is 3. The van der Waals surface area contributed by atoms with Crippen LogP contribution in [0.5, 0.6) is 0 Å². The molecule has 4 heterocycles. The highest BCUT2D eigenvalue weighted by atomic mass is 16.5. The number of aromatic nitrogens is 3. The average Bonchev–Trinajstić information content (AvgIpc) is 3.09. The van der Waals surface area contributed by atoms with Crippen LogP contribution in [-0.2, 0) is 11.3 Å². The SMILES string of the molecule is CN1C=Cc2cc(Nc3cnccn3)nc(N[C@H]3CCOC3)c2C1. The molecule has 0 radical (unpaired) electrons. The summed E-state index contributed by atoms with van der Waals surface area (Å²) in [7, 11) is 2.06. The van der Waals surface area contributed by atoms with Crippen molar-refractivity contribution < 1.29 is 4.74 Å². The summed E-state index contributed by atoms with van der Waals surface area (Å²) in [6, 6.07) is 2.36. The molecule has 1 fully saturated rings. The van der Waals surface area contributed by atoms with Gasteiger partial charge in [-0.1, -0.05) is 0 Å². The van der Waals surface area contributed by atoms with Gasteiger partial charge < -0.3 is 20.3 Å². The number of fused-ring (bicyclic) bond motifs is 1. The van der Waals surface area contributed by atoms with Crippen molar-refractivity contribution in [2.75, 3.05) is 30.9 Å². The Morgan fingerprint density at radius 3 is 3.04 bits per heavy atom. The summed E-state index contributed by atoms with van der Waals surface area (Å²) in [6.07, 6.45) is 10.2. The van der Waals surface area contributed by atoms with Crippen LogP contribution in [0.1, 0.15) is 17.5 Å². The van der Waals surface area contributed by atoms with Gasteiger partial charge in [-0.05, 0) is 30.3 Å². The van der Waals surface area contributed by atoms with Crippen molar-refractivity contribution >= 4 is 23.5 Å². The Morgan fingerprint density at radius 1 is 1.29 bits per heavy atom. The summed E-state index contributed by atoms with van der Waals surface area (Å²) in [5.41, 5.74) is 2.37. The van der Waals surface area contributed by atoms with Crippen molar-refractivity contribution in [2.24, 2.45) is 0 Å². The molecule has 0 unspecified atom stereocenters. The molecule has 7 nitrogen and oxygen atoms in total. The number of hydrogen-bond acceptors (Lipinski definition) is 7. The van der Waals surface area contributed by atoms with Crippen molar-refractivity contribution in [3.8, 4) is 0 Å². The minimum atomic E-state index is 0.310. The summed E-state index contributed by atoms with van der Waals surface area (Å²) < 4.78 is 5.47. The molecule has 2 aromatic rings. The molecule has 4 rings (SSSR count). The highest BCUT2D eigenvalue weighted by molar-refractivity contribution is 5.69.